The van der Waals surface area contributed by atoms with Crippen LogP contribution in [0.5, 0.6) is 11.5 Å². The van der Waals surface area contributed by atoms with Gasteiger partial charge in [-0.15, -0.1) is 0 Å². The van der Waals surface area contributed by atoms with Gasteiger partial charge in [0.05, 0.1) is 32.7 Å². The number of nitrogens with zero attached hydrogens (tertiary/aromatic N) is 1. The molecule has 2 aromatic heterocycles. The highest BCUT2D eigenvalue weighted by atomic mass is 16.5. The van der Waals surface area contributed by atoms with Crippen molar-refractivity contribution in [3.8, 4) is 11.5 Å². The van der Waals surface area contributed by atoms with Crippen molar-refractivity contribution >= 4 is 5.91 Å². The van der Waals surface area contributed by atoms with Gasteiger partial charge >= 0.3 is 0 Å². The van der Waals surface area contributed by atoms with Crippen LogP contribution in [0.4, 0.5) is 0 Å². The number of benzene rings is 1. The lowest BCUT2D eigenvalue weighted by Crippen LogP contribution is -2.29. The number of hydrogen-bond donors (Lipinski definition) is 0. The molecule has 6 nitrogen and oxygen atoms in total. The normalized spacial score (nSPS) is 10.4. The van der Waals surface area contributed by atoms with Crippen LogP contribution in [-0.4, -0.2) is 24.5 Å². The second-order valence-electron chi connectivity index (χ2n) is 5.79. The Labute approximate surface area is 157 Å². The highest BCUT2D eigenvalue weighted by molar-refractivity contribution is 5.94. The molecule has 0 radical (unpaired) electrons. The largest absolute Gasteiger partial charge is 0.493 e. The molecule has 0 fully saturated rings. The zero-order chi connectivity index (χ0) is 19.1. The van der Waals surface area contributed by atoms with Crippen LogP contribution >= 0.6 is 0 Å². The third-order valence-corrected chi connectivity index (χ3v) is 3.91. The van der Waals surface area contributed by atoms with Crippen molar-refractivity contribution in [3.05, 3.63) is 84.7 Å². The lowest BCUT2D eigenvalue weighted by Gasteiger charge is -2.21. The predicted octanol–water partition coefficient (Wildman–Crippen LogP) is 4.29. The third kappa shape index (κ3) is 4.61. The lowest BCUT2D eigenvalue weighted by molar-refractivity contribution is 0.0704. The molecular formula is C21H21NO5. The van der Waals surface area contributed by atoms with Crippen molar-refractivity contribution in [1.29, 1.82) is 0 Å². The molecule has 0 spiro atoms. The van der Waals surface area contributed by atoms with Crippen LogP contribution in [0.15, 0.2) is 76.5 Å². The molecule has 0 aliphatic rings. The summed E-state index contributed by atoms with van der Waals surface area (Å²) < 4.78 is 21.7. The SMILES string of the molecule is C=CCOc1ccc(C(=O)N(Cc2ccco2)Cc2ccco2)cc1OC. The van der Waals surface area contributed by atoms with E-state index in [1.165, 1.54) is 7.11 Å². The molecule has 3 aromatic rings. The number of furan rings is 2. The van der Waals surface area contributed by atoms with Gasteiger partial charge in [-0.05, 0) is 42.5 Å². The first-order chi connectivity index (χ1) is 13.2. The van der Waals surface area contributed by atoms with E-state index in [1.54, 1.807) is 53.8 Å². The fraction of sp³-hybridized carbons (Fsp3) is 0.190. The number of carbonyl (C=O) groups is 1. The Morgan fingerprint density at radius 1 is 1.07 bits per heavy atom. The minimum Gasteiger partial charge on any atom is -0.493 e. The quantitative estimate of drug-likeness (QED) is 0.528. The fourth-order valence-corrected chi connectivity index (χ4v) is 2.63. The van der Waals surface area contributed by atoms with Crippen LogP contribution in [0.2, 0.25) is 0 Å². The van der Waals surface area contributed by atoms with Crippen molar-refractivity contribution < 1.29 is 23.1 Å². The molecule has 0 aliphatic carbocycles. The molecule has 0 unspecified atom stereocenters. The molecule has 2 heterocycles. The standard InChI is InChI=1S/C21H21NO5/c1-3-10-27-19-9-8-16(13-20(19)24-2)21(23)22(14-17-6-4-11-25-17)15-18-7-5-12-26-18/h3-9,11-13H,1,10,14-15H2,2H3. The van der Waals surface area contributed by atoms with E-state index in [-0.39, 0.29) is 5.91 Å². The molecule has 1 amide bonds. The van der Waals surface area contributed by atoms with E-state index in [2.05, 4.69) is 6.58 Å². The zero-order valence-electron chi connectivity index (χ0n) is 15.1. The summed E-state index contributed by atoms with van der Waals surface area (Å²) in [4.78, 5) is 14.8. The van der Waals surface area contributed by atoms with E-state index in [1.807, 2.05) is 12.1 Å². The van der Waals surface area contributed by atoms with Crippen LogP contribution in [0.1, 0.15) is 21.9 Å². The molecule has 27 heavy (non-hydrogen) atoms. The summed E-state index contributed by atoms with van der Waals surface area (Å²) in [5.41, 5.74) is 0.482. The van der Waals surface area contributed by atoms with E-state index in [0.717, 1.165) is 0 Å². The van der Waals surface area contributed by atoms with E-state index in [9.17, 15) is 4.79 Å². The summed E-state index contributed by atoms with van der Waals surface area (Å²) in [5, 5.41) is 0. The van der Waals surface area contributed by atoms with Gasteiger partial charge in [-0.3, -0.25) is 4.79 Å². The Kier molecular flexibility index (Phi) is 5.99. The van der Waals surface area contributed by atoms with Crippen molar-refractivity contribution in [3.63, 3.8) is 0 Å². The summed E-state index contributed by atoms with van der Waals surface area (Å²) >= 11 is 0. The molecular weight excluding hydrogens is 346 g/mol. The van der Waals surface area contributed by atoms with E-state index >= 15 is 0 Å². The Bertz CT molecular complexity index is 832. The monoisotopic (exact) mass is 367 g/mol. The minimum absolute atomic E-state index is 0.170. The first kappa shape index (κ1) is 18.4. The number of methoxy groups -OCH3 is 1. The van der Waals surface area contributed by atoms with Gasteiger partial charge in [0.1, 0.15) is 18.1 Å². The first-order valence-electron chi connectivity index (χ1n) is 8.47. The second-order valence-corrected chi connectivity index (χ2v) is 5.79. The summed E-state index contributed by atoms with van der Waals surface area (Å²) in [6.07, 6.45) is 4.81. The van der Waals surface area contributed by atoms with E-state index in [4.69, 9.17) is 18.3 Å². The van der Waals surface area contributed by atoms with Crippen LogP contribution < -0.4 is 9.47 Å². The maximum absolute atomic E-state index is 13.1. The van der Waals surface area contributed by atoms with Gasteiger partial charge in [-0.25, -0.2) is 0 Å². The molecule has 0 bridgehead atoms. The van der Waals surface area contributed by atoms with Crippen molar-refractivity contribution in [1.82, 2.24) is 4.90 Å². The smallest absolute Gasteiger partial charge is 0.254 e. The molecule has 1 aromatic carbocycles. The fourth-order valence-electron chi connectivity index (χ4n) is 2.63. The Hall–Kier alpha value is -3.41. The summed E-state index contributed by atoms with van der Waals surface area (Å²) in [6, 6.07) is 12.3. The Morgan fingerprint density at radius 2 is 1.74 bits per heavy atom. The highest BCUT2D eigenvalue weighted by Gasteiger charge is 2.20. The van der Waals surface area contributed by atoms with Crippen LogP contribution in [0, 0.1) is 0 Å². The highest BCUT2D eigenvalue weighted by Crippen LogP contribution is 2.29. The van der Waals surface area contributed by atoms with E-state index < -0.39 is 0 Å². The van der Waals surface area contributed by atoms with E-state index in [0.29, 0.717) is 48.3 Å². The topological polar surface area (TPSA) is 65.0 Å². The number of ether oxygens (including phenoxy) is 2. The van der Waals surface area contributed by atoms with Gasteiger partial charge in [-0.1, -0.05) is 12.7 Å². The summed E-state index contributed by atoms with van der Waals surface area (Å²) in [5.74, 6) is 2.24. The molecule has 0 atom stereocenters. The third-order valence-electron chi connectivity index (χ3n) is 3.91. The average Bonchev–Trinajstić information content (AvgIpc) is 3.39. The molecule has 0 N–H and O–H groups in total. The van der Waals surface area contributed by atoms with Gasteiger partial charge < -0.3 is 23.2 Å². The average molecular weight is 367 g/mol. The predicted molar refractivity (Wildman–Crippen MR) is 99.7 cm³/mol. The van der Waals surface area contributed by atoms with Crippen molar-refractivity contribution in [2.45, 2.75) is 13.1 Å². The molecule has 140 valence electrons. The van der Waals surface area contributed by atoms with Gasteiger partial charge in [0.15, 0.2) is 11.5 Å². The molecule has 6 heteroatoms. The van der Waals surface area contributed by atoms with Crippen LogP contribution in [0.25, 0.3) is 0 Å². The summed E-state index contributed by atoms with van der Waals surface area (Å²) in [7, 11) is 1.54. The number of hydrogen-bond acceptors (Lipinski definition) is 5. The summed E-state index contributed by atoms with van der Waals surface area (Å²) in [6.45, 7) is 4.63. The Balaban J connectivity index is 1.84. The zero-order valence-corrected chi connectivity index (χ0v) is 15.1. The molecule has 0 saturated carbocycles. The molecule has 0 aliphatic heterocycles. The molecule has 0 saturated heterocycles. The van der Waals surface area contributed by atoms with Gasteiger partial charge in [0.25, 0.3) is 5.91 Å². The van der Waals surface area contributed by atoms with Gasteiger partial charge in [0.2, 0.25) is 0 Å². The van der Waals surface area contributed by atoms with Crippen molar-refractivity contribution in [2.24, 2.45) is 0 Å². The van der Waals surface area contributed by atoms with Crippen LogP contribution in [0.3, 0.4) is 0 Å². The van der Waals surface area contributed by atoms with Crippen molar-refractivity contribution in [2.75, 3.05) is 13.7 Å². The Morgan fingerprint density at radius 3 is 2.26 bits per heavy atom. The maximum Gasteiger partial charge on any atom is 0.254 e. The number of rotatable bonds is 9. The van der Waals surface area contributed by atoms with Gasteiger partial charge in [0, 0.05) is 5.56 Å². The minimum atomic E-state index is -0.170. The van der Waals surface area contributed by atoms with Gasteiger partial charge in [-0.2, -0.15) is 0 Å². The second kappa shape index (κ2) is 8.80. The lowest BCUT2D eigenvalue weighted by atomic mass is 10.1. The first-order valence-corrected chi connectivity index (χ1v) is 8.47. The maximum atomic E-state index is 13.1. The van der Waals surface area contributed by atoms with Crippen LogP contribution in [-0.2, 0) is 13.1 Å². The number of amides is 1. The molecule has 3 rings (SSSR count). The number of carbonyl (C=O) groups excluding carboxylic acids is 1.